The highest BCUT2D eigenvalue weighted by atomic mass is 32.2. The molecule has 0 saturated carbocycles. The molecule has 2 N–H and O–H groups in total. The quantitative estimate of drug-likeness (QED) is 0.737. The van der Waals surface area contributed by atoms with Crippen molar-refractivity contribution in [1.29, 1.82) is 0 Å². The van der Waals surface area contributed by atoms with Gasteiger partial charge in [0.2, 0.25) is 10.0 Å². The van der Waals surface area contributed by atoms with E-state index in [0.29, 0.717) is 32.6 Å². The van der Waals surface area contributed by atoms with Gasteiger partial charge in [-0.1, -0.05) is 0 Å². The number of rotatable bonds is 6. The zero-order valence-electron chi connectivity index (χ0n) is 10.3. The van der Waals surface area contributed by atoms with Crippen LogP contribution in [0.5, 0.6) is 0 Å². The van der Waals surface area contributed by atoms with Crippen LogP contribution < -0.4 is 4.72 Å². The maximum Gasteiger partial charge on any atom is 0.214 e. The Bertz CT molecular complexity index is 438. The Balaban J connectivity index is 1.71. The zero-order valence-corrected chi connectivity index (χ0v) is 11.1. The van der Waals surface area contributed by atoms with Crippen molar-refractivity contribution in [3.8, 4) is 0 Å². The minimum Gasteiger partial charge on any atom is -0.381 e. The summed E-state index contributed by atoms with van der Waals surface area (Å²) in [5.41, 5.74) is 0. The summed E-state index contributed by atoms with van der Waals surface area (Å²) in [6.45, 7) is 1.54. The number of nitrogens with zero attached hydrogens (tertiary/aromatic N) is 1. The van der Waals surface area contributed by atoms with Gasteiger partial charge in [0.1, 0.15) is 5.82 Å². The molecule has 102 valence electrons. The molecule has 0 amide bonds. The van der Waals surface area contributed by atoms with Gasteiger partial charge in [0.25, 0.3) is 0 Å². The molecule has 0 bridgehead atoms. The van der Waals surface area contributed by atoms with Crippen LogP contribution in [0.4, 0.5) is 0 Å². The first kappa shape index (κ1) is 13.5. The summed E-state index contributed by atoms with van der Waals surface area (Å²) in [4.78, 5) is 7.08. The molecule has 0 atom stereocenters. The first-order valence-electron chi connectivity index (χ1n) is 6.23. The van der Waals surface area contributed by atoms with E-state index in [9.17, 15) is 8.42 Å². The lowest BCUT2D eigenvalue weighted by Crippen LogP contribution is -2.38. The fourth-order valence-corrected chi connectivity index (χ4v) is 3.49. The van der Waals surface area contributed by atoms with E-state index in [-0.39, 0.29) is 5.25 Å². The number of sulfonamides is 1. The third-order valence-corrected chi connectivity index (χ3v) is 5.01. The van der Waals surface area contributed by atoms with Crippen LogP contribution in [-0.2, 0) is 21.2 Å². The van der Waals surface area contributed by atoms with Gasteiger partial charge in [0.15, 0.2) is 0 Å². The van der Waals surface area contributed by atoms with Crippen molar-refractivity contribution < 1.29 is 13.2 Å². The molecule has 1 aromatic heterocycles. The van der Waals surface area contributed by atoms with Crippen molar-refractivity contribution in [2.24, 2.45) is 0 Å². The zero-order chi connectivity index (χ0) is 12.8. The van der Waals surface area contributed by atoms with Crippen LogP contribution in [0.25, 0.3) is 0 Å². The minimum absolute atomic E-state index is 0.296. The number of aromatic nitrogens is 2. The largest absolute Gasteiger partial charge is 0.381 e. The van der Waals surface area contributed by atoms with E-state index < -0.39 is 10.0 Å². The van der Waals surface area contributed by atoms with E-state index in [0.717, 1.165) is 18.7 Å². The number of hydrogen-bond donors (Lipinski definition) is 2. The van der Waals surface area contributed by atoms with E-state index in [1.54, 1.807) is 12.4 Å². The second-order valence-electron chi connectivity index (χ2n) is 4.39. The van der Waals surface area contributed by atoms with Crippen LogP contribution in [0, 0.1) is 0 Å². The SMILES string of the molecule is O=S(=O)(NCCCc1ncc[nH]1)C1CCOCC1. The Kier molecular flexibility index (Phi) is 4.73. The lowest BCUT2D eigenvalue weighted by atomic mass is 10.2. The first-order chi connectivity index (χ1) is 8.68. The number of aryl methyl sites for hydroxylation is 1. The molecule has 0 radical (unpaired) electrons. The number of aromatic amines is 1. The third-order valence-electron chi connectivity index (χ3n) is 3.06. The highest BCUT2D eigenvalue weighted by molar-refractivity contribution is 7.90. The van der Waals surface area contributed by atoms with E-state index in [2.05, 4.69) is 14.7 Å². The van der Waals surface area contributed by atoms with Crippen LogP contribution >= 0.6 is 0 Å². The monoisotopic (exact) mass is 273 g/mol. The van der Waals surface area contributed by atoms with Crippen LogP contribution in [0.3, 0.4) is 0 Å². The fraction of sp³-hybridized carbons (Fsp3) is 0.727. The topological polar surface area (TPSA) is 84.1 Å². The standard InChI is InChI=1S/C11H19N3O3S/c15-18(16,10-3-8-17-9-4-10)14-5-1-2-11-12-6-7-13-11/h6-7,10,14H,1-5,8-9H2,(H,12,13). The predicted octanol–water partition coefficient (Wildman–Crippen LogP) is 0.441. The van der Waals surface area contributed by atoms with Crippen molar-refractivity contribution in [2.45, 2.75) is 30.9 Å². The van der Waals surface area contributed by atoms with Crippen molar-refractivity contribution in [2.75, 3.05) is 19.8 Å². The van der Waals surface area contributed by atoms with Gasteiger partial charge >= 0.3 is 0 Å². The molecule has 2 rings (SSSR count). The van der Waals surface area contributed by atoms with Gasteiger partial charge in [-0.2, -0.15) is 0 Å². The van der Waals surface area contributed by atoms with Crippen LogP contribution in [-0.4, -0.2) is 43.4 Å². The molecule has 1 aromatic rings. The Morgan fingerprint density at radius 2 is 2.22 bits per heavy atom. The summed E-state index contributed by atoms with van der Waals surface area (Å²) < 4.78 is 31.7. The Morgan fingerprint density at radius 1 is 1.44 bits per heavy atom. The van der Waals surface area contributed by atoms with E-state index >= 15 is 0 Å². The van der Waals surface area contributed by atoms with Crippen molar-refractivity contribution in [3.63, 3.8) is 0 Å². The Morgan fingerprint density at radius 3 is 2.89 bits per heavy atom. The summed E-state index contributed by atoms with van der Waals surface area (Å²) in [6.07, 6.45) is 6.14. The second-order valence-corrected chi connectivity index (χ2v) is 6.44. The summed E-state index contributed by atoms with van der Waals surface area (Å²) in [5.74, 6) is 0.889. The van der Waals surface area contributed by atoms with Gasteiger partial charge in [0.05, 0.1) is 5.25 Å². The maximum atomic E-state index is 12.0. The maximum absolute atomic E-state index is 12.0. The molecular weight excluding hydrogens is 254 g/mol. The lowest BCUT2D eigenvalue weighted by molar-refractivity contribution is 0.0981. The van der Waals surface area contributed by atoms with E-state index in [1.165, 1.54) is 0 Å². The number of hydrogen-bond acceptors (Lipinski definition) is 4. The van der Waals surface area contributed by atoms with Crippen LogP contribution in [0.15, 0.2) is 12.4 Å². The summed E-state index contributed by atoms with van der Waals surface area (Å²) >= 11 is 0. The summed E-state index contributed by atoms with van der Waals surface area (Å²) in [6, 6.07) is 0. The number of nitrogens with one attached hydrogen (secondary N) is 2. The van der Waals surface area contributed by atoms with Crippen LogP contribution in [0.2, 0.25) is 0 Å². The molecule has 1 aliphatic rings. The van der Waals surface area contributed by atoms with Gasteiger partial charge in [-0.05, 0) is 19.3 Å². The third kappa shape index (κ3) is 3.79. The predicted molar refractivity (Wildman–Crippen MR) is 67.7 cm³/mol. The molecule has 7 heteroatoms. The highest BCUT2D eigenvalue weighted by Gasteiger charge is 2.26. The van der Waals surface area contributed by atoms with Gasteiger partial charge < -0.3 is 9.72 Å². The normalized spacial score (nSPS) is 18.0. The molecule has 1 fully saturated rings. The number of imidazole rings is 1. The van der Waals surface area contributed by atoms with E-state index in [1.807, 2.05) is 0 Å². The molecule has 2 heterocycles. The smallest absolute Gasteiger partial charge is 0.214 e. The average Bonchev–Trinajstić information content (AvgIpc) is 2.89. The van der Waals surface area contributed by atoms with Gasteiger partial charge in [0, 0.05) is 38.6 Å². The Labute approximate surface area is 107 Å². The summed E-state index contributed by atoms with van der Waals surface area (Å²) in [5, 5.41) is -0.296. The fourth-order valence-electron chi connectivity index (χ4n) is 2.01. The van der Waals surface area contributed by atoms with E-state index in [4.69, 9.17) is 4.74 Å². The van der Waals surface area contributed by atoms with Crippen molar-refractivity contribution in [3.05, 3.63) is 18.2 Å². The average molecular weight is 273 g/mol. The molecule has 6 nitrogen and oxygen atoms in total. The first-order valence-corrected chi connectivity index (χ1v) is 7.77. The number of H-pyrrole nitrogens is 1. The minimum atomic E-state index is -3.19. The molecule has 0 aliphatic carbocycles. The summed E-state index contributed by atoms with van der Waals surface area (Å²) in [7, 11) is -3.19. The molecule has 1 aliphatic heterocycles. The van der Waals surface area contributed by atoms with Gasteiger partial charge in [-0.15, -0.1) is 0 Å². The second kappa shape index (κ2) is 6.31. The molecule has 1 saturated heterocycles. The van der Waals surface area contributed by atoms with Crippen molar-refractivity contribution >= 4 is 10.0 Å². The lowest BCUT2D eigenvalue weighted by Gasteiger charge is -2.22. The molecule has 0 aromatic carbocycles. The molecule has 18 heavy (non-hydrogen) atoms. The Hall–Kier alpha value is -0.920. The van der Waals surface area contributed by atoms with Gasteiger partial charge in [-0.3, -0.25) is 0 Å². The molecule has 0 unspecified atom stereocenters. The molecule has 0 spiro atoms. The van der Waals surface area contributed by atoms with Gasteiger partial charge in [-0.25, -0.2) is 18.1 Å². The van der Waals surface area contributed by atoms with Crippen LogP contribution in [0.1, 0.15) is 25.1 Å². The highest BCUT2D eigenvalue weighted by Crippen LogP contribution is 2.14. The molecular formula is C11H19N3O3S. The van der Waals surface area contributed by atoms with Crippen molar-refractivity contribution in [1.82, 2.24) is 14.7 Å². The number of ether oxygens (including phenoxy) is 1.